The predicted molar refractivity (Wildman–Crippen MR) is 68.9 cm³/mol. The molecule has 0 saturated carbocycles. The first-order valence-electron chi connectivity index (χ1n) is 5.19. The van der Waals surface area contributed by atoms with Gasteiger partial charge in [-0.25, -0.2) is 14.2 Å². The molecule has 1 N–H and O–H groups in total. The van der Waals surface area contributed by atoms with Gasteiger partial charge >= 0.3 is 5.97 Å². The summed E-state index contributed by atoms with van der Waals surface area (Å²) in [6.07, 6.45) is 2.48. The summed E-state index contributed by atoms with van der Waals surface area (Å²) in [6, 6.07) is 4.77. The third kappa shape index (κ3) is 2.81. The highest BCUT2D eigenvalue weighted by atomic mass is 32.1. The molecular formula is C13H10FNO2S. The van der Waals surface area contributed by atoms with E-state index in [1.807, 2.05) is 5.38 Å². The minimum atomic E-state index is -1.01. The van der Waals surface area contributed by atoms with Crippen LogP contribution in [-0.4, -0.2) is 16.1 Å². The lowest BCUT2D eigenvalue weighted by molar-refractivity contribution is -0.131. The average Bonchev–Trinajstić information content (AvgIpc) is 2.79. The zero-order chi connectivity index (χ0) is 13.1. The zero-order valence-electron chi connectivity index (χ0n) is 9.55. The van der Waals surface area contributed by atoms with E-state index in [0.717, 1.165) is 11.6 Å². The Morgan fingerprint density at radius 1 is 1.50 bits per heavy atom. The number of rotatable bonds is 3. The van der Waals surface area contributed by atoms with Gasteiger partial charge in [-0.3, -0.25) is 0 Å². The fourth-order valence-electron chi connectivity index (χ4n) is 1.44. The molecule has 0 amide bonds. The van der Waals surface area contributed by atoms with Crippen LogP contribution < -0.4 is 0 Å². The maximum atomic E-state index is 13.1. The number of halogens is 1. The fraction of sp³-hybridized carbons (Fsp3) is 0.0769. The van der Waals surface area contributed by atoms with Crippen LogP contribution >= 0.6 is 11.3 Å². The predicted octanol–water partition coefficient (Wildman–Crippen LogP) is 3.36. The SMILES string of the molecule is Cc1cc(-c2csc(/C=C/C(=O)O)n2)ccc1F. The second kappa shape index (κ2) is 5.10. The second-order valence-corrected chi connectivity index (χ2v) is 4.60. The van der Waals surface area contributed by atoms with Gasteiger partial charge in [-0.2, -0.15) is 0 Å². The van der Waals surface area contributed by atoms with E-state index in [1.54, 1.807) is 19.1 Å². The van der Waals surface area contributed by atoms with Gasteiger partial charge < -0.3 is 5.11 Å². The molecule has 0 aliphatic rings. The van der Waals surface area contributed by atoms with E-state index in [-0.39, 0.29) is 5.82 Å². The largest absolute Gasteiger partial charge is 0.478 e. The molecule has 5 heteroatoms. The Bertz CT molecular complexity index is 619. The zero-order valence-corrected chi connectivity index (χ0v) is 10.4. The molecule has 0 saturated heterocycles. The summed E-state index contributed by atoms with van der Waals surface area (Å²) in [5.41, 5.74) is 2.09. The van der Waals surface area contributed by atoms with Crippen LogP contribution in [0.1, 0.15) is 10.6 Å². The summed E-state index contributed by atoms with van der Waals surface area (Å²) in [7, 11) is 0. The molecule has 0 unspecified atom stereocenters. The van der Waals surface area contributed by atoms with Crippen LogP contribution in [0.15, 0.2) is 29.7 Å². The summed E-state index contributed by atoms with van der Waals surface area (Å²) in [4.78, 5) is 14.6. The van der Waals surface area contributed by atoms with Crippen LogP contribution in [0, 0.1) is 12.7 Å². The van der Waals surface area contributed by atoms with Crippen LogP contribution in [0.3, 0.4) is 0 Å². The molecule has 0 aliphatic heterocycles. The number of thiazole rings is 1. The first kappa shape index (κ1) is 12.4. The van der Waals surface area contributed by atoms with Crippen molar-refractivity contribution in [2.24, 2.45) is 0 Å². The van der Waals surface area contributed by atoms with E-state index in [1.165, 1.54) is 23.5 Å². The third-order valence-electron chi connectivity index (χ3n) is 2.34. The highest BCUT2D eigenvalue weighted by Crippen LogP contribution is 2.24. The number of carboxylic acid groups (broad SMARTS) is 1. The summed E-state index contributed by atoms with van der Waals surface area (Å²) >= 11 is 1.34. The van der Waals surface area contributed by atoms with Crippen molar-refractivity contribution in [3.63, 3.8) is 0 Å². The molecule has 0 bridgehead atoms. The lowest BCUT2D eigenvalue weighted by Gasteiger charge is -1.99. The molecule has 92 valence electrons. The summed E-state index contributed by atoms with van der Waals surface area (Å²) in [5, 5.41) is 10.9. The van der Waals surface area contributed by atoms with Gasteiger partial charge in [0.05, 0.1) is 5.69 Å². The number of nitrogens with zero attached hydrogens (tertiary/aromatic N) is 1. The molecule has 0 atom stereocenters. The maximum Gasteiger partial charge on any atom is 0.328 e. The number of carboxylic acids is 1. The van der Waals surface area contributed by atoms with Crippen molar-refractivity contribution in [1.82, 2.24) is 4.98 Å². The van der Waals surface area contributed by atoms with Gasteiger partial charge in [0.15, 0.2) is 0 Å². The van der Waals surface area contributed by atoms with Crippen molar-refractivity contribution >= 4 is 23.4 Å². The van der Waals surface area contributed by atoms with Gasteiger partial charge in [0.1, 0.15) is 10.8 Å². The molecule has 0 aliphatic carbocycles. The molecule has 0 spiro atoms. The lowest BCUT2D eigenvalue weighted by atomic mass is 10.1. The van der Waals surface area contributed by atoms with Crippen LogP contribution in [0.4, 0.5) is 4.39 Å². The van der Waals surface area contributed by atoms with Crippen LogP contribution in [0.5, 0.6) is 0 Å². The molecule has 0 radical (unpaired) electrons. The molecule has 2 rings (SSSR count). The quantitative estimate of drug-likeness (QED) is 0.864. The van der Waals surface area contributed by atoms with E-state index in [0.29, 0.717) is 16.3 Å². The van der Waals surface area contributed by atoms with Crippen molar-refractivity contribution in [3.8, 4) is 11.3 Å². The number of carbonyl (C=O) groups is 1. The molecule has 2 aromatic rings. The smallest absolute Gasteiger partial charge is 0.328 e. The molecule has 3 nitrogen and oxygen atoms in total. The Labute approximate surface area is 107 Å². The van der Waals surface area contributed by atoms with Crippen molar-refractivity contribution in [3.05, 3.63) is 46.0 Å². The molecule has 18 heavy (non-hydrogen) atoms. The molecule has 1 aromatic carbocycles. The summed E-state index contributed by atoms with van der Waals surface area (Å²) in [6.45, 7) is 1.69. The minimum Gasteiger partial charge on any atom is -0.478 e. The first-order valence-corrected chi connectivity index (χ1v) is 6.07. The van der Waals surface area contributed by atoms with Gasteiger partial charge in [0.2, 0.25) is 0 Å². The van der Waals surface area contributed by atoms with E-state index in [2.05, 4.69) is 4.98 Å². The van der Waals surface area contributed by atoms with Gasteiger partial charge in [0, 0.05) is 17.0 Å². The number of hydrogen-bond acceptors (Lipinski definition) is 3. The van der Waals surface area contributed by atoms with E-state index >= 15 is 0 Å². The highest BCUT2D eigenvalue weighted by molar-refractivity contribution is 7.10. The van der Waals surface area contributed by atoms with E-state index in [4.69, 9.17) is 5.11 Å². The van der Waals surface area contributed by atoms with E-state index in [9.17, 15) is 9.18 Å². The van der Waals surface area contributed by atoms with Gasteiger partial charge in [-0.05, 0) is 36.8 Å². The standard InChI is InChI=1S/C13H10FNO2S/c1-8-6-9(2-3-10(8)14)11-7-18-12(15-11)4-5-13(16)17/h2-7H,1H3,(H,16,17)/b5-4+. The van der Waals surface area contributed by atoms with Gasteiger partial charge in [-0.1, -0.05) is 0 Å². The number of aryl methyl sites for hydroxylation is 1. The number of hydrogen-bond donors (Lipinski definition) is 1. The monoisotopic (exact) mass is 263 g/mol. The van der Waals surface area contributed by atoms with Crippen molar-refractivity contribution in [2.75, 3.05) is 0 Å². The van der Waals surface area contributed by atoms with Crippen molar-refractivity contribution in [2.45, 2.75) is 6.92 Å². The Balaban J connectivity index is 2.29. The Hall–Kier alpha value is -2.01. The fourth-order valence-corrected chi connectivity index (χ4v) is 2.16. The topological polar surface area (TPSA) is 50.2 Å². The van der Waals surface area contributed by atoms with Crippen LogP contribution in [-0.2, 0) is 4.79 Å². The lowest BCUT2D eigenvalue weighted by Crippen LogP contribution is -1.86. The van der Waals surface area contributed by atoms with Crippen molar-refractivity contribution in [1.29, 1.82) is 0 Å². The summed E-state index contributed by atoms with van der Waals surface area (Å²) < 4.78 is 13.1. The van der Waals surface area contributed by atoms with Gasteiger partial charge in [0.25, 0.3) is 0 Å². The summed E-state index contributed by atoms with van der Waals surface area (Å²) in [5.74, 6) is -1.26. The molecular weight excluding hydrogens is 253 g/mol. The third-order valence-corrected chi connectivity index (χ3v) is 3.15. The Kier molecular flexibility index (Phi) is 3.53. The second-order valence-electron chi connectivity index (χ2n) is 3.71. The van der Waals surface area contributed by atoms with Crippen LogP contribution in [0.2, 0.25) is 0 Å². The molecule has 1 heterocycles. The number of aromatic nitrogens is 1. The number of aliphatic carboxylic acids is 1. The molecule has 0 fully saturated rings. The van der Waals surface area contributed by atoms with Gasteiger partial charge in [-0.15, -0.1) is 11.3 Å². The Morgan fingerprint density at radius 3 is 2.94 bits per heavy atom. The first-order chi connectivity index (χ1) is 8.56. The average molecular weight is 263 g/mol. The van der Waals surface area contributed by atoms with E-state index < -0.39 is 5.97 Å². The highest BCUT2D eigenvalue weighted by Gasteiger charge is 2.05. The number of benzene rings is 1. The molecule has 1 aromatic heterocycles. The van der Waals surface area contributed by atoms with Crippen molar-refractivity contribution < 1.29 is 14.3 Å². The Morgan fingerprint density at radius 2 is 2.28 bits per heavy atom. The maximum absolute atomic E-state index is 13.1. The van der Waals surface area contributed by atoms with Crippen LogP contribution in [0.25, 0.3) is 17.3 Å². The minimum absolute atomic E-state index is 0.250. The normalized spacial score (nSPS) is 11.0.